The van der Waals surface area contributed by atoms with Gasteiger partial charge in [-0.2, -0.15) is 5.10 Å². The molecule has 0 fully saturated rings. The molecule has 5 heteroatoms. The van der Waals surface area contributed by atoms with Crippen LogP contribution in [0.5, 0.6) is 17.2 Å². The van der Waals surface area contributed by atoms with Crippen LogP contribution in [0.3, 0.4) is 0 Å². The van der Waals surface area contributed by atoms with Gasteiger partial charge in [0, 0.05) is 11.1 Å². The van der Waals surface area contributed by atoms with Crippen molar-refractivity contribution in [1.29, 1.82) is 0 Å². The number of nitrogens with zero attached hydrogens (tertiary/aromatic N) is 2. The van der Waals surface area contributed by atoms with Crippen molar-refractivity contribution in [2.75, 3.05) is 7.11 Å². The molecular weight excluding hydrogens is 288 g/mol. The van der Waals surface area contributed by atoms with Crippen molar-refractivity contribution in [3.63, 3.8) is 0 Å². The Labute approximate surface area is 127 Å². The summed E-state index contributed by atoms with van der Waals surface area (Å²) in [7, 11) is 1.64. The minimum Gasteiger partial charge on any atom is -0.497 e. The molecule has 0 N–H and O–H groups in total. The smallest absolute Gasteiger partial charge is 0.165 e. The van der Waals surface area contributed by atoms with E-state index in [4.69, 9.17) is 21.1 Å². The number of halogens is 1. The Morgan fingerprint density at radius 3 is 2.57 bits per heavy atom. The molecule has 106 valence electrons. The molecule has 0 aliphatic rings. The Bertz CT molecular complexity index is 738. The van der Waals surface area contributed by atoms with Gasteiger partial charge >= 0.3 is 0 Å². The van der Waals surface area contributed by atoms with Gasteiger partial charge in [0.05, 0.1) is 25.2 Å². The molecule has 0 radical (unpaired) electrons. The van der Waals surface area contributed by atoms with Crippen molar-refractivity contribution in [2.24, 2.45) is 0 Å². The van der Waals surface area contributed by atoms with Crippen molar-refractivity contribution < 1.29 is 9.47 Å². The first kappa shape index (κ1) is 13.5. The lowest BCUT2D eigenvalue weighted by Gasteiger charge is -2.04. The van der Waals surface area contributed by atoms with E-state index < -0.39 is 0 Å². The van der Waals surface area contributed by atoms with Crippen molar-refractivity contribution in [3.05, 3.63) is 65.9 Å². The molecule has 1 heterocycles. The van der Waals surface area contributed by atoms with E-state index >= 15 is 0 Å². The molecular formula is C16H13ClN2O2. The Hall–Kier alpha value is -2.46. The molecule has 2 aromatic carbocycles. The zero-order chi connectivity index (χ0) is 14.7. The molecule has 21 heavy (non-hydrogen) atoms. The number of hydrogen-bond donors (Lipinski definition) is 0. The summed E-state index contributed by atoms with van der Waals surface area (Å²) < 4.78 is 12.7. The van der Waals surface area contributed by atoms with Crippen molar-refractivity contribution in [2.45, 2.75) is 0 Å². The van der Waals surface area contributed by atoms with Crippen molar-refractivity contribution >= 4 is 11.6 Å². The van der Waals surface area contributed by atoms with Gasteiger partial charge in [0.15, 0.2) is 5.75 Å². The summed E-state index contributed by atoms with van der Waals surface area (Å²) in [6.07, 6.45) is 3.47. The summed E-state index contributed by atoms with van der Waals surface area (Å²) in [5.41, 5.74) is 0.903. The fourth-order valence-electron chi connectivity index (χ4n) is 1.89. The van der Waals surface area contributed by atoms with E-state index in [1.54, 1.807) is 30.1 Å². The first-order chi connectivity index (χ1) is 10.2. The van der Waals surface area contributed by atoms with Crippen LogP contribution in [0.1, 0.15) is 0 Å². The van der Waals surface area contributed by atoms with Crippen molar-refractivity contribution in [3.8, 4) is 22.9 Å². The second-order valence-electron chi connectivity index (χ2n) is 4.38. The number of hydrogen-bond acceptors (Lipinski definition) is 3. The summed E-state index contributed by atoms with van der Waals surface area (Å²) in [6.45, 7) is 0. The van der Waals surface area contributed by atoms with Crippen LogP contribution in [0.2, 0.25) is 5.02 Å². The molecule has 0 spiro atoms. The Morgan fingerprint density at radius 2 is 1.81 bits per heavy atom. The molecule has 0 bridgehead atoms. The zero-order valence-electron chi connectivity index (χ0n) is 11.4. The van der Waals surface area contributed by atoms with E-state index in [2.05, 4.69) is 5.10 Å². The molecule has 1 aromatic heterocycles. The highest BCUT2D eigenvalue weighted by molar-refractivity contribution is 6.30. The fraction of sp³-hybridized carbons (Fsp3) is 0.0625. The second kappa shape index (κ2) is 5.89. The molecule has 0 aliphatic carbocycles. The van der Waals surface area contributed by atoms with Gasteiger partial charge in [-0.05, 0) is 36.4 Å². The number of benzene rings is 2. The topological polar surface area (TPSA) is 36.3 Å². The van der Waals surface area contributed by atoms with E-state index in [-0.39, 0.29) is 0 Å². The number of aromatic nitrogens is 2. The summed E-state index contributed by atoms with van der Waals surface area (Å²) in [5, 5.41) is 4.96. The maximum Gasteiger partial charge on any atom is 0.165 e. The maximum atomic E-state index is 5.84. The van der Waals surface area contributed by atoms with Gasteiger partial charge in [0.25, 0.3) is 0 Å². The average Bonchev–Trinajstić information content (AvgIpc) is 2.98. The van der Waals surface area contributed by atoms with Crippen LogP contribution in [0, 0.1) is 0 Å². The summed E-state index contributed by atoms with van der Waals surface area (Å²) in [6, 6.07) is 14.8. The van der Waals surface area contributed by atoms with Crippen LogP contribution < -0.4 is 9.47 Å². The maximum absolute atomic E-state index is 5.84. The van der Waals surface area contributed by atoms with Gasteiger partial charge in [0.1, 0.15) is 11.5 Å². The minimum atomic E-state index is 0.653. The lowest BCUT2D eigenvalue weighted by molar-refractivity contribution is 0.414. The third-order valence-corrected chi connectivity index (χ3v) is 3.18. The minimum absolute atomic E-state index is 0.653. The largest absolute Gasteiger partial charge is 0.497 e. The zero-order valence-corrected chi connectivity index (χ0v) is 12.1. The second-order valence-corrected chi connectivity index (χ2v) is 4.81. The molecule has 0 atom stereocenters. The molecule has 0 unspecified atom stereocenters. The lowest BCUT2D eigenvalue weighted by Crippen LogP contribution is -1.94. The molecule has 0 saturated carbocycles. The summed E-state index contributed by atoms with van der Waals surface area (Å²) in [5.74, 6) is 2.15. The van der Waals surface area contributed by atoms with Crippen LogP contribution in [-0.2, 0) is 0 Å². The van der Waals surface area contributed by atoms with E-state index in [9.17, 15) is 0 Å². The molecule has 0 aliphatic heterocycles. The monoisotopic (exact) mass is 300 g/mol. The fourth-order valence-corrected chi connectivity index (χ4v) is 2.02. The molecule has 3 rings (SSSR count). The number of methoxy groups -OCH3 is 1. The highest BCUT2D eigenvalue weighted by atomic mass is 35.5. The molecule has 3 aromatic rings. The summed E-state index contributed by atoms with van der Waals surface area (Å²) >= 11 is 5.84. The van der Waals surface area contributed by atoms with Gasteiger partial charge in [0.2, 0.25) is 0 Å². The predicted octanol–water partition coefficient (Wildman–Crippen LogP) is 4.33. The third kappa shape index (κ3) is 3.17. The van der Waals surface area contributed by atoms with Gasteiger partial charge in [-0.15, -0.1) is 0 Å². The van der Waals surface area contributed by atoms with Crippen molar-refractivity contribution in [1.82, 2.24) is 9.78 Å². The van der Waals surface area contributed by atoms with E-state index in [1.807, 2.05) is 42.6 Å². The third-order valence-electron chi connectivity index (χ3n) is 2.93. The number of ether oxygens (including phenoxy) is 2. The van der Waals surface area contributed by atoms with E-state index in [1.165, 1.54) is 0 Å². The average molecular weight is 301 g/mol. The number of rotatable bonds is 4. The Kier molecular flexibility index (Phi) is 3.79. The van der Waals surface area contributed by atoms with Gasteiger partial charge in [-0.1, -0.05) is 17.7 Å². The molecule has 4 nitrogen and oxygen atoms in total. The normalized spacial score (nSPS) is 10.4. The Morgan fingerprint density at radius 1 is 1.00 bits per heavy atom. The quantitative estimate of drug-likeness (QED) is 0.719. The van der Waals surface area contributed by atoms with Crippen LogP contribution in [0.25, 0.3) is 5.69 Å². The van der Waals surface area contributed by atoms with Gasteiger partial charge < -0.3 is 9.47 Å². The lowest BCUT2D eigenvalue weighted by atomic mass is 10.3. The first-order valence-electron chi connectivity index (χ1n) is 6.37. The standard InChI is InChI=1S/C16H13ClN2O2/c1-20-15-4-2-3-13(9-15)19-11-16(10-18-19)21-14-7-5-12(17)6-8-14/h2-11H,1H3. The van der Waals surface area contributed by atoms with E-state index in [0.717, 1.165) is 11.4 Å². The van der Waals surface area contributed by atoms with Gasteiger partial charge in [-0.3, -0.25) is 0 Å². The first-order valence-corrected chi connectivity index (χ1v) is 6.75. The Balaban J connectivity index is 1.81. The van der Waals surface area contributed by atoms with Crippen LogP contribution in [-0.4, -0.2) is 16.9 Å². The SMILES string of the molecule is COc1cccc(-n2cc(Oc3ccc(Cl)cc3)cn2)c1. The van der Waals surface area contributed by atoms with Gasteiger partial charge in [-0.25, -0.2) is 4.68 Å². The van der Waals surface area contributed by atoms with Crippen LogP contribution in [0.15, 0.2) is 60.9 Å². The van der Waals surface area contributed by atoms with Crippen LogP contribution >= 0.6 is 11.6 Å². The molecule has 0 amide bonds. The summed E-state index contributed by atoms with van der Waals surface area (Å²) in [4.78, 5) is 0. The predicted molar refractivity (Wildman–Crippen MR) is 81.6 cm³/mol. The van der Waals surface area contributed by atoms with E-state index in [0.29, 0.717) is 16.5 Å². The highest BCUT2D eigenvalue weighted by Gasteiger charge is 2.04. The highest BCUT2D eigenvalue weighted by Crippen LogP contribution is 2.24. The molecule has 0 saturated heterocycles. The van der Waals surface area contributed by atoms with Crippen LogP contribution in [0.4, 0.5) is 0 Å².